The third-order valence-electron chi connectivity index (χ3n) is 7.97. The van der Waals surface area contributed by atoms with Gasteiger partial charge in [-0.3, -0.25) is 19.3 Å². The van der Waals surface area contributed by atoms with Crippen molar-refractivity contribution in [2.45, 2.75) is 45.6 Å². The Bertz CT molecular complexity index is 1200. The first kappa shape index (κ1) is 24.9. The normalized spacial score (nSPS) is 24.3. The highest BCUT2D eigenvalue weighted by molar-refractivity contribution is 6.09. The smallest absolute Gasteiger partial charge is 0.330 e. The monoisotopic (exact) mass is 500 g/mol. The fourth-order valence-electron chi connectivity index (χ4n) is 6.16. The summed E-state index contributed by atoms with van der Waals surface area (Å²) < 4.78 is 5.45. The van der Waals surface area contributed by atoms with Gasteiger partial charge < -0.3 is 10.1 Å². The van der Waals surface area contributed by atoms with Crippen molar-refractivity contribution in [1.29, 1.82) is 0 Å². The summed E-state index contributed by atoms with van der Waals surface area (Å²) in [7, 11) is 0. The molecule has 1 N–H and O–H groups in total. The Kier molecular flexibility index (Phi) is 6.96. The van der Waals surface area contributed by atoms with Crippen LogP contribution in [0, 0.1) is 23.7 Å². The number of imide groups is 1. The molecule has 5 atom stereocenters. The quantitative estimate of drug-likeness (QED) is 0.322. The number of anilines is 1. The molecule has 0 radical (unpaired) electrons. The van der Waals surface area contributed by atoms with Crippen molar-refractivity contribution < 1.29 is 23.9 Å². The summed E-state index contributed by atoms with van der Waals surface area (Å²) in [5, 5.41) is 2.89. The lowest BCUT2D eigenvalue weighted by atomic mass is 9.85. The third-order valence-corrected chi connectivity index (χ3v) is 7.97. The molecule has 5 rings (SSSR count). The SMILES string of the molecule is CCc1cccc(CC)c1NC(=O)COC(=O)[C@H](Cc1ccccc1)N1C(=O)[C@@H]2[C@@H](C1=O)[C@H]1C=C[C@H]2C1. The van der Waals surface area contributed by atoms with E-state index in [0.717, 1.165) is 46.5 Å². The number of benzene rings is 2. The molecule has 3 aliphatic rings. The molecule has 1 saturated carbocycles. The number of para-hydroxylation sites is 1. The van der Waals surface area contributed by atoms with Crippen LogP contribution in [0.1, 0.15) is 37.0 Å². The van der Waals surface area contributed by atoms with Gasteiger partial charge in [0, 0.05) is 12.1 Å². The predicted molar refractivity (Wildman–Crippen MR) is 138 cm³/mol. The molecule has 2 bridgehead atoms. The number of carbonyl (C=O) groups excluding carboxylic acids is 4. The van der Waals surface area contributed by atoms with Crippen molar-refractivity contribution in [2.75, 3.05) is 11.9 Å². The van der Waals surface area contributed by atoms with Gasteiger partial charge in [-0.2, -0.15) is 0 Å². The van der Waals surface area contributed by atoms with Gasteiger partial charge in [-0.15, -0.1) is 0 Å². The van der Waals surface area contributed by atoms with Crippen molar-refractivity contribution in [3.05, 3.63) is 77.4 Å². The maximum atomic E-state index is 13.4. The highest BCUT2D eigenvalue weighted by Gasteiger charge is 2.61. The first-order valence-electron chi connectivity index (χ1n) is 13.1. The van der Waals surface area contributed by atoms with E-state index in [1.54, 1.807) is 0 Å². The van der Waals surface area contributed by atoms with Gasteiger partial charge in [-0.05, 0) is 47.8 Å². The second kappa shape index (κ2) is 10.3. The van der Waals surface area contributed by atoms with Gasteiger partial charge in [0.1, 0.15) is 6.04 Å². The average molecular weight is 501 g/mol. The maximum absolute atomic E-state index is 13.4. The first-order valence-corrected chi connectivity index (χ1v) is 13.1. The number of esters is 1. The number of rotatable bonds is 9. The molecule has 1 heterocycles. The first-order chi connectivity index (χ1) is 17.9. The summed E-state index contributed by atoms with van der Waals surface area (Å²) in [4.78, 5) is 54.1. The van der Waals surface area contributed by atoms with Crippen LogP contribution in [-0.2, 0) is 43.2 Å². The Balaban J connectivity index is 1.32. The molecule has 192 valence electrons. The number of ether oxygens (including phenoxy) is 1. The minimum Gasteiger partial charge on any atom is -0.454 e. The molecule has 0 unspecified atom stereocenters. The second-order valence-electron chi connectivity index (χ2n) is 10.1. The van der Waals surface area contributed by atoms with Crippen LogP contribution in [0.2, 0.25) is 0 Å². The Morgan fingerprint density at radius 2 is 1.51 bits per heavy atom. The fraction of sp³-hybridized carbons (Fsp3) is 0.400. The summed E-state index contributed by atoms with van der Waals surface area (Å²) in [5.41, 5.74) is 3.56. The lowest BCUT2D eigenvalue weighted by molar-refractivity contribution is -0.160. The largest absolute Gasteiger partial charge is 0.454 e. The number of carbonyl (C=O) groups is 4. The summed E-state index contributed by atoms with van der Waals surface area (Å²) in [5.74, 6) is -2.55. The minimum atomic E-state index is -1.12. The molecule has 1 saturated heterocycles. The highest BCUT2D eigenvalue weighted by Crippen LogP contribution is 2.53. The van der Waals surface area contributed by atoms with Gasteiger partial charge in [-0.1, -0.05) is 74.5 Å². The van der Waals surface area contributed by atoms with Gasteiger partial charge >= 0.3 is 5.97 Å². The molecule has 3 amide bonds. The molecule has 0 aromatic heterocycles. The van der Waals surface area contributed by atoms with Gasteiger partial charge in [-0.25, -0.2) is 4.79 Å². The van der Waals surface area contributed by atoms with E-state index < -0.39 is 36.4 Å². The number of hydrogen-bond acceptors (Lipinski definition) is 5. The van der Waals surface area contributed by atoms with Crippen LogP contribution in [-0.4, -0.2) is 41.2 Å². The average Bonchev–Trinajstić information content (AvgIpc) is 3.60. The van der Waals surface area contributed by atoms with Crippen LogP contribution in [0.15, 0.2) is 60.7 Å². The fourth-order valence-corrected chi connectivity index (χ4v) is 6.16. The summed E-state index contributed by atoms with van der Waals surface area (Å²) >= 11 is 0. The Morgan fingerprint density at radius 3 is 2.08 bits per heavy atom. The molecular formula is C30H32N2O5. The second-order valence-corrected chi connectivity index (χ2v) is 10.1. The summed E-state index contributed by atoms with van der Waals surface area (Å²) in [6, 6.07) is 14.0. The Morgan fingerprint density at radius 1 is 0.919 bits per heavy atom. The molecule has 2 aromatic carbocycles. The van der Waals surface area contributed by atoms with Crippen molar-refractivity contribution in [3.63, 3.8) is 0 Å². The van der Waals surface area contributed by atoms with E-state index in [2.05, 4.69) is 5.32 Å². The zero-order chi connectivity index (χ0) is 26.1. The number of nitrogens with zero attached hydrogens (tertiary/aromatic N) is 1. The van der Waals surface area contributed by atoms with Crippen LogP contribution < -0.4 is 5.32 Å². The number of fused-ring (bicyclic) bond motifs is 5. The molecule has 37 heavy (non-hydrogen) atoms. The van der Waals surface area contributed by atoms with Gasteiger partial charge in [0.2, 0.25) is 11.8 Å². The molecule has 2 aromatic rings. The molecule has 7 heteroatoms. The summed E-state index contributed by atoms with van der Waals surface area (Å²) in [6.45, 7) is 3.53. The van der Waals surface area contributed by atoms with Crippen molar-refractivity contribution in [1.82, 2.24) is 4.90 Å². The molecule has 7 nitrogen and oxygen atoms in total. The van der Waals surface area contributed by atoms with Crippen LogP contribution in [0.3, 0.4) is 0 Å². The van der Waals surface area contributed by atoms with E-state index >= 15 is 0 Å². The van der Waals surface area contributed by atoms with Crippen molar-refractivity contribution >= 4 is 29.4 Å². The maximum Gasteiger partial charge on any atom is 0.330 e. The van der Waals surface area contributed by atoms with Gasteiger partial charge in [0.05, 0.1) is 11.8 Å². The van der Waals surface area contributed by atoms with Gasteiger partial charge in [0.15, 0.2) is 6.61 Å². The van der Waals surface area contributed by atoms with E-state index in [-0.39, 0.29) is 30.1 Å². The van der Waals surface area contributed by atoms with E-state index in [1.165, 1.54) is 0 Å². The summed E-state index contributed by atoms with van der Waals surface area (Å²) in [6.07, 6.45) is 6.50. The van der Waals surface area contributed by atoms with Crippen molar-refractivity contribution in [2.24, 2.45) is 23.7 Å². The van der Waals surface area contributed by atoms with E-state index in [9.17, 15) is 19.2 Å². The lowest BCUT2D eigenvalue weighted by Gasteiger charge is -2.26. The zero-order valence-electron chi connectivity index (χ0n) is 21.2. The van der Waals surface area contributed by atoms with E-state index in [1.807, 2.05) is 74.5 Å². The minimum absolute atomic E-state index is 0.0435. The Hall–Kier alpha value is -3.74. The molecular weight excluding hydrogens is 468 g/mol. The number of allylic oxidation sites excluding steroid dienone is 2. The molecule has 0 spiro atoms. The zero-order valence-corrected chi connectivity index (χ0v) is 21.2. The van der Waals surface area contributed by atoms with Crippen LogP contribution >= 0.6 is 0 Å². The highest BCUT2D eigenvalue weighted by atomic mass is 16.5. The van der Waals surface area contributed by atoms with Crippen LogP contribution in [0.4, 0.5) is 5.69 Å². The number of hydrogen-bond donors (Lipinski definition) is 1. The van der Waals surface area contributed by atoms with E-state index in [0.29, 0.717) is 0 Å². The predicted octanol–water partition coefficient (Wildman–Crippen LogP) is 3.71. The lowest BCUT2D eigenvalue weighted by Crippen LogP contribution is -2.48. The molecule has 2 aliphatic carbocycles. The van der Waals surface area contributed by atoms with E-state index in [4.69, 9.17) is 4.74 Å². The number of amides is 3. The van der Waals surface area contributed by atoms with Crippen LogP contribution in [0.5, 0.6) is 0 Å². The number of nitrogens with one attached hydrogen (secondary N) is 1. The number of likely N-dealkylation sites (tertiary alicyclic amines) is 1. The molecule has 2 fully saturated rings. The Labute approximate surface area is 216 Å². The number of aryl methyl sites for hydroxylation is 2. The standard InChI is InChI=1S/C30H32N2O5/c1-3-19-11-8-12-20(4-2)27(19)31-24(33)17-37-30(36)23(15-18-9-6-5-7-10-18)32-28(34)25-21-13-14-22(16-21)26(25)29(32)35/h5-14,21-23,25-26H,3-4,15-17H2,1-2H3,(H,31,33)/t21-,22-,23-,25-,26-/m0/s1. The topological polar surface area (TPSA) is 92.8 Å². The third kappa shape index (κ3) is 4.59. The van der Waals surface area contributed by atoms with Crippen LogP contribution in [0.25, 0.3) is 0 Å². The van der Waals surface area contributed by atoms with Crippen molar-refractivity contribution in [3.8, 4) is 0 Å². The van der Waals surface area contributed by atoms with Gasteiger partial charge in [0.25, 0.3) is 5.91 Å². The molecule has 1 aliphatic heterocycles.